The van der Waals surface area contributed by atoms with Gasteiger partial charge in [-0.15, -0.1) is 13.2 Å². The van der Waals surface area contributed by atoms with Crippen LogP contribution in [0.2, 0.25) is 0 Å². The number of anilines is 1. The van der Waals surface area contributed by atoms with Crippen LogP contribution in [0.1, 0.15) is 25.7 Å². The van der Waals surface area contributed by atoms with Crippen LogP contribution in [0.25, 0.3) is 11.3 Å². The quantitative estimate of drug-likeness (QED) is 0.882. The topological polar surface area (TPSA) is 73.3 Å². The minimum Gasteiger partial charge on any atom is -0.424 e. The van der Waals surface area contributed by atoms with Gasteiger partial charge in [-0.25, -0.2) is 4.98 Å². The Morgan fingerprint density at radius 3 is 2.54 bits per heavy atom. The van der Waals surface area contributed by atoms with Crippen LogP contribution in [-0.2, 0) is 0 Å². The van der Waals surface area contributed by atoms with Crippen molar-refractivity contribution in [3.8, 4) is 17.1 Å². The molecule has 2 unspecified atom stereocenters. The van der Waals surface area contributed by atoms with E-state index in [0.717, 1.165) is 25.7 Å². The van der Waals surface area contributed by atoms with Crippen molar-refractivity contribution in [2.75, 3.05) is 5.32 Å². The van der Waals surface area contributed by atoms with E-state index < -0.39 is 6.36 Å². The lowest BCUT2D eigenvalue weighted by atomic mass is 9.91. The largest absolute Gasteiger partial charge is 0.573 e. The van der Waals surface area contributed by atoms with E-state index in [1.165, 1.54) is 30.5 Å². The maximum atomic E-state index is 12.2. The van der Waals surface area contributed by atoms with E-state index in [4.69, 9.17) is 10.2 Å². The zero-order chi connectivity index (χ0) is 17.2. The molecule has 130 valence electrons. The number of ether oxygens (including phenoxy) is 1. The molecule has 0 radical (unpaired) electrons. The van der Waals surface area contributed by atoms with E-state index >= 15 is 0 Å². The van der Waals surface area contributed by atoms with E-state index in [1.807, 2.05) is 0 Å². The first-order chi connectivity index (χ1) is 11.4. The van der Waals surface area contributed by atoms with Crippen LogP contribution in [-0.4, -0.2) is 23.4 Å². The average Bonchev–Trinajstić information content (AvgIpc) is 2.97. The summed E-state index contributed by atoms with van der Waals surface area (Å²) in [6.07, 6.45) is 0.982. The summed E-state index contributed by atoms with van der Waals surface area (Å²) in [5.41, 5.74) is 6.68. The summed E-state index contributed by atoms with van der Waals surface area (Å²) >= 11 is 0. The lowest BCUT2D eigenvalue weighted by molar-refractivity contribution is -0.274. The molecule has 1 heterocycles. The molecule has 8 heteroatoms. The Labute approximate surface area is 137 Å². The molecule has 1 aromatic heterocycles. The summed E-state index contributed by atoms with van der Waals surface area (Å²) in [7, 11) is 0. The Hall–Kier alpha value is -2.22. The van der Waals surface area contributed by atoms with Crippen molar-refractivity contribution >= 4 is 6.01 Å². The molecular formula is C16H18F3N3O2. The molecule has 1 aliphatic rings. The highest BCUT2D eigenvalue weighted by atomic mass is 19.4. The Morgan fingerprint density at radius 1 is 1.17 bits per heavy atom. The Morgan fingerprint density at radius 2 is 1.88 bits per heavy atom. The van der Waals surface area contributed by atoms with Gasteiger partial charge in [0.2, 0.25) is 0 Å². The molecule has 3 rings (SSSR count). The van der Waals surface area contributed by atoms with Crippen molar-refractivity contribution in [2.45, 2.75) is 44.1 Å². The maximum absolute atomic E-state index is 12.2. The maximum Gasteiger partial charge on any atom is 0.573 e. The van der Waals surface area contributed by atoms with Crippen molar-refractivity contribution in [3.63, 3.8) is 0 Å². The SMILES string of the molecule is NC1CCCCC1Nc1ncc(-c2ccc(OC(F)(F)F)cc2)o1. The second-order valence-electron chi connectivity index (χ2n) is 5.80. The lowest BCUT2D eigenvalue weighted by Gasteiger charge is -2.28. The van der Waals surface area contributed by atoms with Crippen molar-refractivity contribution in [1.82, 2.24) is 4.98 Å². The van der Waals surface area contributed by atoms with Gasteiger partial charge in [0.1, 0.15) is 5.75 Å². The molecule has 0 bridgehead atoms. The third-order valence-corrected chi connectivity index (χ3v) is 4.01. The molecule has 0 aliphatic heterocycles. The number of nitrogens with two attached hydrogens (primary N) is 1. The fourth-order valence-electron chi connectivity index (χ4n) is 2.79. The molecule has 5 nitrogen and oxygen atoms in total. The van der Waals surface area contributed by atoms with E-state index in [-0.39, 0.29) is 17.8 Å². The minimum absolute atomic E-state index is 0.0629. The van der Waals surface area contributed by atoms with Gasteiger partial charge in [-0.05, 0) is 37.1 Å². The Kier molecular flexibility index (Phi) is 4.66. The number of hydrogen-bond donors (Lipinski definition) is 2. The molecule has 1 aliphatic carbocycles. The molecule has 0 amide bonds. The second-order valence-corrected chi connectivity index (χ2v) is 5.80. The van der Waals surface area contributed by atoms with Crippen molar-refractivity contribution in [3.05, 3.63) is 30.5 Å². The molecule has 1 saturated carbocycles. The molecule has 1 aromatic carbocycles. The van der Waals surface area contributed by atoms with Crippen LogP contribution in [0, 0.1) is 0 Å². The fourth-order valence-corrected chi connectivity index (χ4v) is 2.79. The van der Waals surface area contributed by atoms with Crippen LogP contribution in [0.4, 0.5) is 19.2 Å². The normalized spacial score (nSPS) is 21.5. The summed E-state index contributed by atoms with van der Waals surface area (Å²) in [5.74, 6) is 0.178. The number of oxazole rings is 1. The number of benzene rings is 1. The Bertz CT molecular complexity index is 670. The summed E-state index contributed by atoms with van der Waals surface area (Å²) in [6, 6.07) is 5.98. The third-order valence-electron chi connectivity index (χ3n) is 4.01. The summed E-state index contributed by atoms with van der Waals surface area (Å²) < 4.78 is 45.9. The summed E-state index contributed by atoms with van der Waals surface area (Å²) in [4.78, 5) is 4.16. The predicted molar refractivity (Wildman–Crippen MR) is 82.5 cm³/mol. The van der Waals surface area contributed by atoms with Gasteiger partial charge >= 0.3 is 6.36 Å². The highest BCUT2D eigenvalue weighted by Crippen LogP contribution is 2.28. The first-order valence-electron chi connectivity index (χ1n) is 7.75. The average molecular weight is 341 g/mol. The van der Waals surface area contributed by atoms with Gasteiger partial charge in [0.25, 0.3) is 6.01 Å². The monoisotopic (exact) mass is 341 g/mol. The van der Waals surface area contributed by atoms with E-state index in [1.54, 1.807) is 0 Å². The van der Waals surface area contributed by atoms with Crippen LogP contribution in [0.5, 0.6) is 5.75 Å². The first kappa shape index (κ1) is 16.6. The second kappa shape index (κ2) is 6.72. The van der Waals surface area contributed by atoms with Crippen LogP contribution >= 0.6 is 0 Å². The highest BCUT2D eigenvalue weighted by molar-refractivity contribution is 5.58. The van der Waals surface area contributed by atoms with Gasteiger partial charge in [0, 0.05) is 17.6 Å². The molecule has 0 spiro atoms. The van der Waals surface area contributed by atoms with Crippen LogP contribution < -0.4 is 15.8 Å². The van der Waals surface area contributed by atoms with Crippen molar-refractivity contribution in [2.24, 2.45) is 5.73 Å². The number of halogens is 3. The number of nitrogens with one attached hydrogen (secondary N) is 1. The molecule has 1 fully saturated rings. The summed E-state index contributed by atoms with van der Waals surface area (Å²) in [6.45, 7) is 0. The number of hydrogen-bond acceptors (Lipinski definition) is 5. The lowest BCUT2D eigenvalue weighted by Crippen LogP contribution is -2.42. The number of alkyl halides is 3. The molecule has 3 N–H and O–H groups in total. The number of rotatable bonds is 4. The van der Waals surface area contributed by atoms with Crippen molar-refractivity contribution in [1.29, 1.82) is 0 Å². The third kappa shape index (κ3) is 4.19. The zero-order valence-electron chi connectivity index (χ0n) is 12.8. The van der Waals surface area contributed by atoms with E-state index in [9.17, 15) is 13.2 Å². The smallest absolute Gasteiger partial charge is 0.424 e. The van der Waals surface area contributed by atoms with Gasteiger partial charge < -0.3 is 20.2 Å². The summed E-state index contributed by atoms with van der Waals surface area (Å²) in [5, 5.41) is 3.19. The van der Waals surface area contributed by atoms with Gasteiger partial charge in [-0.1, -0.05) is 12.8 Å². The molecule has 0 saturated heterocycles. The van der Waals surface area contributed by atoms with Gasteiger partial charge in [0.15, 0.2) is 5.76 Å². The molecule has 2 atom stereocenters. The number of aromatic nitrogens is 1. The number of nitrogens with zero attached hydrogens (tertiary/aromatic N) is 1. The predicted octanol–water partition coefficient (Wildman–Crippen LogP) is 3.92. The Balaban J connectivity index is 1.66. The van der Waals surface area contributed by atoms with E-state index in [0.29, 0.717) is 17.3 Å². The fraction of sp³-hybridized carbons (Fsp3) is 0.438. The highest BCUT2D eigenvalue weighted by Gasteiger charge is 2.31. The van der Waals surface area contributed by atoms with E-state index in [2.05, 4.69) is 15.0 Å². The zero-order valence-corrected chi connectivity index (χ0v) is 12.8. The van der Waals surface area contributed by atoms with Gasteiger partial charge in [-0.3, -0.25) is 0 Å². The van der Waals surface area contributed by atoms with Crippen molar-refractivity contribution < 1.29 is 22.3 Å². The van der Waals surface area contributed by atoms with Gasteiger partial charge in [0.05, 0.1) is 6.20 Å². The van der Waals surface area contributed by atoms with Crippen LogP contribution in [0.15, 0.2) is 34.9 Å². The standard InChI is InChI=1S/C16H18F3N3O2/c17-16(18,19)24-11-7-5-10(6-8-11)14-9-21-15(23-14)22-13-4-2-1-3-12(13)20/h5-9,12-13H,1-4,20H2,(H,21,22). The molecule has 2 aromatic rings. The molecular weight excluding hydrogens is 323 g/mol. The molecule has 24 heavy (non-hydrogen) atoms. The van der Waals surface area contributed by atoms with Gasteiger partial charge in [-0.2, -0.15) is 0 Å². The minimum atomic E-state index is -4.70. The van der Waals surface area contributed by atoms with Crippen LogP contribution in [0.3, 0.4) is 0 Å². The first-order valence-corrected chi connectivity index (χ1v) is 7.75.